The van der Waals surface area contributed by atoms with Crippen LogP contribution in [-0.4, -0.2) is 37.7 Å². The number of rotatable bonds is 8. The lowest BCUT2D eigenvalue weighted by Gasteiger charge is -2.19. The third-order valence-electron chi connectivity index (χ3n) is 5.83. The molecule has 0 N–H and O–H groups in total. The number of ether oxygens (including phenoxy) is 1. The minimum atomic E-state index is 0.293. The molecule has 0 aliphatic heterocycles. The fraction of sp³-hybridized carbons (Fsp3) is 0.400. The molecule has 4 rings (SSSR count). The van der Waals surface area contributed by atoms with E-state index in [1.54, 1.807) is 0 Å². The van der Waals surface area contributed by atoms with Crippen molar-refractivity contribution in [1.82, 2.24) is 24.6 Å². The highest BCUT2D eigenvalue weighted by atomic mass is 16.5. The van der Waals surface area contributed by atoms with E-state index in [0.717, 1.165) is 53.4 Å². The fourth-order valence-corrected chi connectivity index (χ4v) is 4.00. The van der Waals surface area contributed by atoms with Crippen LogP contribution in [0.5, 0.6) is 5.88 Å². The summed E-state index contributed by atoms with van der Waals surface area (Å²) in [6.07, 6.45) is 0. The number of pyridine rings is 1. The third kappa shape index (κ3) is 4.39. The molecule has 0 atom stereocenters. The van der Waals surface area contributed by atoms with E-state index in [2.05, 4.69) is 47.9 Å². The number of benzene rings is 1. The van der Waals surface area contributed by atoms with Crippen LogP contribution in [-0.2, 0) is 20.2 Å². The SMILES string of the molecule is CCN(CC)Cc1cc(OCc2nc(-c3cccc(C)c3)oc2C)nc2c1c(C)nn2C. The molecule has 4 aromatic rings. The average Bonchev–Trinajstić information content (AvgIpc) is 3.29. The summed E-state index contributed by atoms with van der Waals surface area (Å²) in [5.41, 5.74) is 5.90. The Kier molecular flexibility index (Phi) is 6.28. The topological polar surface area (TPSA) is 69.2 Å². The molecule has 0 saturated heterocycles. The maximum absolute atomic E-state index is 6.11. The predicted molar refractivity (Wildman–Crippen MR) is 126 cm³/mol. The molecule has 7 heteroatoms. The Bertz CT molecular complexity index is 1240. The van der Waals surface area contributed by atoms with Gasteiger partial charge in [0.25, 0.3) is 0 Å². The van der Waals surface area contributed by atoms with Crippen molar-refractivity contribution in [3.63, 3.8) is 0 Å². The van der Waals surface area contributed by atoms with E-state index in [1.807, 2.05) is 43.8 Å². The summed E-state index contributed by atoms with van der Waals surface area (Å²) in [5, 5.41) is 5.68. The Morgan fingerprint density at radius 2 is 1.84 bits per heavy atom. The molecule has 3 heterocycles. The van der Waals surface area contributed by atoms with Crippen LogP contribution in [0.1, 0.15) is 42.1 Å². The van der Waals surface area contributed by atoms with Gasteiger partial charge >= 0.3 is 0 Å². The van der Waals surface area contributed by atoms with E-state index in [9.17, 15) is 0 Å². The standard InChI is InChI=1S/C25H31N5O2/c1-7-30(8-2)14-20-13-22(27-24-23(20)17(4)28-29(24)6)31-15-21-18(5)32-25(26-21)19-11-9-10-16(3)12-19/h9-13H,7-8,14-15H2,1-6H3. The van der Waals surface area contributed by atoms with Gasteiger partial charge in [0.05, 0.1) is 5.69 Å². The second-order valence-corrected chi connectivity index (χ2v) is 8.17. The second kappa shape index (κ2) is 9.12. The van der Waals surface area contributed by atoms with Gasteiger partial charge in [-0.05, 0) is 51.6 Å². The van der Waals surface area contributed by atoms with Crippen molar-refractivity contribution in [2.75, 3.05) is 13.1 Å². The zero-order valence-electron chi connectivity index (χ0n) is 19.8. The van der Waals surface area contributed by atoms with E-state index < -0.39 is 0 Å². The maximum Gasteiger partial charge on any atom is 0.226 e. The molecule has 32 heavy (non-hydrogen) atoms. The molecule has 3 aromatic heterocycles. The summed E-state index contributed by atoms with van der Waals surface area (Å²) in [6, 6.07) is 10.2. The Hall–Kier alpha value is -3.19. The van der Waals surface area contributed by atoms with Gasteiger partial charge in [-0.25, -0.2) is 4.98 Å². The van der Waals surface area contributed by atoms with Gasteiger partial charge in [-0.2, -0.15) is 10.1 Å². The van der Waals surface area contributed by atoms with E-state index >= 15 is 0 Å². The van der Waals surface area contributed by atoms with Gasteiger partial charge in [-0.1, -0.05) is 31.5 Å². The average molecular weight is 434 g/mol. The number of nitrogens with zero attached hydrogens (tertiary/aromatic N) is 5. The summed E-state index contributed by atoms with van der Waals surface area (Å²) in [5.74, 6) is 1.93. The highest BCUT2D eigenvalue weighted by Gasteiger charge is 2.17. The van der Waals surface area contributed by atoms with E-state index in [-0.39, 0.29) is 0 Å². The molecule has 0 amide bonds. The van der Waals surface area contributed by atoms with Gasteiger partial charge in [-0.15, -0.1) is 0 Å². The van der Waals surface area contributed by atoms with Crippen LogP contribution in [0.3, 0.4) is 0 Å². The predicted octanol–water partition coefficient (Wildman–Crippen LogP) is 4.97. The molecule has 0 saturated carbocycles. The van der Waals surface area contributed by atoms with Gasteiger partial charge in [0.2, 0.25) is 11.8 Å². The van der Waals surface area contributed by atoms with Gasteiger partial charge in [0.1, 0.15) is 18.1 Å². The Labute approximate surface area is 189 Å². The second-order valence-electron chi connectivity index (χ2n) is 8.17. The largest absolute Gasteiger partial charge is 0.471 e. The van der Waals surface area contributed by atoms with Crippen molar-refractivity contribution < 1.29 is 9.15 Å². The zero-order chi connectivity index (χ0) is 22.8. The lowest BCUT2D eigenvalue weighted by molar-refractivity contribution is 0.282. The molecule has 0 aliphatic rings. The number of hydrogen-bond acceptors (Lipinski definition) is 6. The number of aromatic nitrogens is 4. The van der Waals surface area contributed by atoms with Crippen LogP contribution >= 0.6 is 0 Å². The molecular formula is C25H31N5O2. The summed E-state index contributed by atoms with van der Waals surface area (Å²) < 4.78 is 13.8. The highest BCUT2D eigenvalue weighted by molar-refractivity contribution is 5.82. The van der Waals surface area contributed by atoms with Crippen LogP contribution in [0.2, 0.25) is 0 Å². The molecule has 7 nitrogen and oxygen atoms in total. The van der Waals surface area contributed by atoms with Gasteiger partial charge in [0.15, 0.2) is 5.65 Å². The molecule has 0 radical (unpaired) electrons. The normalized spacial score (nSPS) is 11.6. The number of oxazole rings is 1. The molecule has 0 unspecified atom stereocenters. The minimum Gasteiger partial charge on any atom is -0.471 e. The van der Waals surface area contributed by atoms with Crippen molar-refractivity contribution in [3.05, 3.63) is 58.6 Å². The molecule has 0 bridgehead atoms. The quantitative estimate of drug-likeness (QED) is 0.391. The summed E-state index contributed by atoms with van der Waals surface area (Å²) in [7, 11) is 1.92. The van der Waals surface area contributed by atoms with Crippen LogP contribution in [0.4, 0.5) is 0 Å². The summed E-state index contributed by atoms with van der Waals surface area (Å²) in [4.78, 5) is 11.8. The lowest BCUT2D eigenvalue weighted by Crippen LogP contribution is -2.22. The number of fused-ring (bicyclic) bond motifs is 1. The molecule has 0 spiro atoms. The van der Waals surface area contributed by atoms with Crippen molar-refractivity contribution in [2.24, 2.45) is 7.05 Å². The van der Waals surface area contributed by atoms with Gasteiger partial charge in [-0.3, -0.25) is 9.58 Å². The van der Waals surface area contributed by atoms with Crippen LogP contribution in [0.15, 0.2) is 34.7 Å². The van der Waals surface area contributed by atoms with Crippen molar-refractivity contribution in [1.29, 1.82) is 0 Å². The van der Waals surface area contributed by atoms with Gasteiger partial charge < -0.3 is 9.15 Å². The van der Waals surface area contributed by atoms with Crippen LogP contribution < -0.4 is 4.74 Å². The van der Waals surface area contributed by atoms with Crippen LogP contribution in [0, 0.1) is 20.8 Å². The van der Waals surface area contributed by atoms with E-state index in [1.165, 1.54) is 11.1 Å². The molecule has 0 aliphatic carbocycles. The maximum atomic E-state index is 6.11. The number of aryl methyl sites for hydroxylation is 4. The first-order valence-electron chi connectivity index (χ1n) is 11.1. The number of hydrogen-bond donors (Lipinski definition) is 0. The Morgan fingerprint density at radius 1 is 1.06 bits per heavy atom. The fourth-order valence-electron chi connectivity index (χ4n) is 4.00. The summed E-state index contributed by atoms with van der Waals surface area (Å²) >= 11 is 0. The zero-order valence-corrected chi connectivity index (χ0v) is 19.8. The first-order valence-corrected chi connectivity index (χ1v) is 11.1. The van der Waals surface area contributed by atoms with Gasteiger partial charge in [0, 0.05) is 30.6 Å². The lowest BCUT2D eigenvalue weighted by atomic mass is 10.1. The van der Waals surface area contributed by atoms with E-state index in [0.29, 0.717) is 18.4 Å². The molecular weight excluding hydrogens is 402 g/mol. The van der Waals surface area contributed by atoms with E-state index in [4.69, 9.17) is 14.1 Å². The summed E-state index contributed by atoms with van der Waals surface area (Å²) in [6.45, 7) is 13.4. The third-order valence-corrected chi connectivity index (χ3v) is 5.83. The molecule has 168 valence electrons. The van der Waals surface area contributed by atoms with Crippen molar-refractivity contribution in [3.8, 4) is 17.3 Å². The molecule has 1 aromatic carbocycles. The first-order chi connectivity index (χ1) is 15.4. The van der Waals surface area contributed by atoms with Crippen LogP contribution in [0.25, 0.3) is 22.5 Å². The smallest absolute Gasteiger partial charge is 0.226 e. The minimum absolute atomic E-state index is 0.293. The molecule has 0 fully saturated rings. The first kappa shape index (κ1) is 22.0. The monoisotopic (exact) mass is 433 g/mol. The highest BCUT2D eigenvalue weighted by Crippen LogP contribution is 2.27. The van der Waals surface area contributed by atoms with Crippen molar-refractivity contribution >= 4 is 11.0 Å². The Morgan fingerprint density at radius 3 is 2.56 bits per heavy atom. The Balaban J connectivity index is 1.62. The van der Waals surface area contributed by atoms with Crippen molar-refractivity contribution in [2.45, 2.75) is 47.8 Å².